The topological polar surface area (TPSA) is 111 Å². The molecule has 170 valence electrons. The summed E-state index contributed by atoms with van der Waals surface area (Å²) in [4.78, 5) is 19.7. The number of aliphatic carboxylic acids is 1. The number of likely N-dealkylation sites (tertiary alicyclic amines) is 1. The number of carboxylic acids is 1. The summed E-state index contributed by atoms with van der Waals surface area (Å²) in [6.07, 6.45) is -1.49. The molecule has 4 rings (SSSR count). The van der Waals surface area contributed by atoms with Crippen LogP contribution < -0.4 is 4.74 Å². The number of hydrogen-bond donors (Lipinski definition) is 1. The molecular formula is C19H23F3N4O5. The molecule has 0 aromatic carbocycles. The molecule has 2 fully saturated rings. The van der Waals surface area contributed by atoms with E-state index in [0.717, 1.165) is 49.6 Å². The van der Waals surface area contributed by atoms with E-state index in [1.807, 2.05) is 26.0 Å². The van der Waals surface area contributed by atoms with Crippen molar-refractivity contribution in [2.45, 2.75) is 51.1 Å². The standard InChI is InChI=1S/C17H22N4O3.C2HF3O2/c1-12-3-5-18-16(19-12)23-15-4-6-22-17(8-15)10-21(11-17)9-14-7-13(2)24-20-14;3-2(4,5)1(6)7/h3,5,7,15H,4,6,8-11H2,1-2H3;(H,6,7). The number of carboxylic acid groups (broad SMARTS) is 1. The van der Waals surface area contributed by atoms with Gasteiger partial charge in [0.05, 0.1) is 17.9 Å². The first kappa shape index (κ1) is 22.9. The van der Waals surface area contributed by atoms with Crippen LogP contribution in [0.25, 0.3) is 0 Å². The van der Waals surface area contributed by atoms with Crippen molar-refractivity contribution in [1.29, 1.82) is 0 Å². The first-order valence-corrected chi connectivity index (χ1v) is 9.60. The van der Waals surface area contributed by atoms with Crippen LogP contribution in [0.4, 0.5) is 13.2 Å². The van der Waals surface area contributed by atoms with Crippen molar-refractivity contribution in [1.82, 2.24) is 20.0 Å². The largest absolute Gasteiger partial charge is 0.490 e. The lowest BCUT2D eigenvalue weighted by atomic mass is 9.84. The van der Waals surface area contributed by atoms with Crippen molar-refractivity contribution in [3.8, 4) is 6.01 Å². The summed E-state index contributed by atoms with van der Waals surface area (Å²) in [5.41, 5.74) is 1.78. The van der Waals surface area contributed by atoms with Gasteiger partial charge in [0.1, 0.15) is 11.9 Å². The van der Waals surface area contributed by atoms with Crippen LogP contribution in [0.2, 0.25) is 0 Å². The first-order valence-electron chi connectivity index (χ1n) is 9.60. The number of nitrogens with zero attached hydrogens (tertiary/aromatic N) is 4. The van der Waals surface area contributed by atoms with Gasteiger partial charge in [0, 0.05) is 50.4 Å². The van der Waals surface area contributed by atoms with E-state index in [9.17, 15) is 13.2 Å². The summed E-state index contributed by atoms with van der Waals surface area (Å²) in [6, 6.07) is 4.31. The molecule has 0 amide bonds. The Morgan fingerprint density at radius 1 is 1.39 bits per heavy atom. The van der Waals surface area contributed by atoms with E-state index < -0.39 is 12.1 Å². The van der Waals surface area contributed by atoms with Gasteiger partial charge >= 0.3 is 18.2 Å². The van der Waals surface area contributed by atoms with Crippen LogP contribution in [0.5, 0.6) is 6.01 Å². The third-order valence-electron chi connectivity index (χ3n) is 4.82. The van der Waals surface area contributed by atoms with E-state index >= 15 is 0 Å². The molecule has 1 spiro atoms. The van der Waals surface area contributed by atoms with Gasteiger partial charge in [0.25, 0.3) is 0 Å². The molecule has 0 aliphatic carbocycles. The highest BCUT2D eigenvalue weighted by atomic mass is 19.4. The number of halogens is 3. The van der Waals surface area contributed by atoms with Gasteiger partial charge in [-0.25, -0.2) is 14.8 Å². The fraction of sp³-hybridized carbons (Fsp3) is 0.579. The smallest absolute Gasteiger partial charge is 0.475 e. The van der Waals surface area contributed by atoms with Gasteiger partial charge in [-0.15, -0.1) is 0 Å². The van der Waals surface area contributed by atoms with E-state index in [0.29, 0.717) is 12.6 Å². The second-order valence-corrected chi connectivity index (χ2v) is 7.62. The number of aromatic nitrogens is 3. The maximum Gasteiger partial charge on any atom is 0.490 e. The number of rotatable bonds is 4. The molecule has 0 radical (unpaired) electrons. The minimum absolute atomic E-state index is 0.106. The van der Waals surface area contributed by atoms with E-state index in [-0.39, 0.29) is 11.7 Å². The quantitative estimate of drug-likeness (QED) is 0.760. The SMILES string of the molecule is Cc1ccnc(OC2CCOC3(C2)CN(Cc2cc(C)on2)C3)n1.O=C(O)C(F)(F)F. The molecule has 1 atom stereocenters. The van der Waals surface area contributed by atoms with Gasteiger partial charge in [-0.3, -0.25) is 4.90 Å². The second kappa shape index (κ2) is 9.18. The summed E-state index contributed by atoms with van der Waals surface area (Å²) in [6.45, 7) is 7.16. The molecule has 4 heterocycles. The average Bonchev–Trinajstić information content (AvgIpc) is 3.05. The molecule has 1 N–H and O–H groups in total. The van der Waals surface area contributed by atoms with Gasteiger partial charge in [0.15, 0.2) is 0 Å². The van der Waals surface area contributed by atoms with Gasteiger partial charge in [-0.1, -0.05) is 5.16 Å². The summed E-state index contributed by atoms with van der Waals surface area (Å²) >= 11 is 0. The number of carbonyl (C=O) groups is 1. The normalized spacial score (nSPS) is 20.5. The number of alkyl halides is 3. The minimum Gasteiger partial charge on any atom is -0.475 e. The van der Waals surface area contributed by atoms with Crippen molar-refractivity contribution < 1.29 is 37.1 Å². The molecular weight excluding hydrogens is 421 g/mol. The molecule has 0 bridgehead atoms. The molecule has 12 heteroatoms. The average molecular weight is 444 g/mol. The zero-order valence-electron chi connectivity index (χ0n) is 17.1. The van der Waals surface area contributed by atoms with Gasteiger partial charge in [-0.05, 0) is 19.9 Å². The molecule has 2 aromatic rings. The molecule has 1 unspecified atom stereocenters. The van der Waals surface area contributed by atoms with Crippen molar-refractivity contribution in [2.24, 2.45) is 0 Å². The monoisotopic (exact) mass is 444 g/mol. The summed E-state index contributed by atoms with van der Waals surface area (Å²) in [5.74, 6) is -1.91. The third kappa shape index (κ3) is 6.37. The van der Waals surface area contributed by atoms with Crippen LogP contribution in [0.15, 0.2) is 22.9 Å². The summed E-state index contributed by atoms with van der Waals surface area (Å²) in [5, 5.41) is 11.2. The first-order chi connectivity index (χ1) is 14.5. The predicted octanol–water partition coefficient (Wildman–Crippen LogP) is 2.53. The highest BCUT2D eigenvalue weighted by Crippen LogP contribution is 2.36. The van der Waals surface area contributed by atoms with Crippen LogP contribution in [0.1, 0.15) is 30.0 Å². The fourth-order valence-corrected chi connectivity index (χ4v) is 3.54. The fourth-order valence-electron chi connectivity index (χ4n) is 3.54. The second-order valence-electron chi connectivity index (χ2n) is 7.62. The third-order valence-corrected chi connectivity index (χ3v) is 4.82. The van der Waals surface area contributed by atoms with E-state index in [4.69, 9.17) is 23.9 Å². The molecule has 2 aliphatic heterocycles. The van der Waals surface area contributed by atoms with Crippen molar-refractivity contribution in [2.75, 3.05) is 19.7 Å². The lowest BCUT2D eigenvalue weighted by Gasteiger charge is -2.52. The van der Waals surface area contributed by atoms with E-state index in [1.54, 1.807) is 6.20 Å². The van der Waals surface area contributed by atoms with E-state index in [2.05, 4.69) is 20.0 Å². The van der Waals surface area contributed by atoms with Crippen LogP contribution in [-0.4, -0.2) is 68.7 Å². The predicted molar refractivity (Wildman–Crippen MR) is 99.3 cm³/mol. The zero-order chi connectivity index (χ0) is 22.6. The van der Waals surface area contributed by atoms with Crippen molar-refractivity contribution >= 4 is 5.97 Å². The lowest BCUT2D eigenvalue weighted by Crippen LogP contribution is -2.65. The Kier molecular flexibility index (Phi) is 6.80. The number of ether oxygens (including phenoxy) is 2. The van der Waals surface area contributed by atoms with Crippen LogP contribution >= 0.6 is 0 Å². The Labute approximate surface area is 176 Å². The van der Waals surface area contributed by atoms with Crippen molar-refractivity contribution in [3.05, 3.63) is 35.5 Å². The highest BCUT2D eigenvalue weighted by molar-refractivity contribution is 5.73. The molecule has 9 nitrogen and oxygen atoms in total. The van der Waals surface area contributed by atoms with Crippen molar-refractivity contribution in [3.63, 3.8) is 0 Å². The summed E-state index contributed by atoms with van der Waals surface area (Å²) < 4.78 is 48.9. The Morgan fingerprint density at radius 2 is 2.10 bits per heavy atom. The maximum absolute atomic E-state index is 10.6. The highest BCUT2D eigenvalue weighted by Gasteiger charge is 2.48. The van der Waals surface area contributed by atoms with Crippen LogP contribution in [0.3, 0.4) is 0 Å². The molecule has 2 saturated heterocycles. The Bertz CT molecular complexity index is 899. The molecule has 2 aromatic heterocycles. The lowest BCUT2D eigenvalue weighted by molar-refractivity contribution is -0.192. The zero-order valence-corrected chi connectivity index (χ0v) is 17.1. The molecule has 0 saturated carbocycles. The minimum atomic E-state index is -5.08. The Hall–Kier alpha value is -2.73. The summed E-state index contributed by atoms with van der Waals surface area (Å²) in [7, 11) is 0. The van der Waals surface area contributed by atoms with E-state index in [1.165, 1.54) is 0 Å². The maximum atomic E-state index is 10.6. The van der Waals surface area contributed by atoms with Crippen LogP contribution in [0, 0.1) is 13.8 Å². The number of aryl methyl sites for hydroxylation is 2. The molecule has 31 heavy (non-hydrogen) atoms. The van der Waals surface area contributed by atoms with Gasteiger partial charge in [-0.2, -0.15) is 13.2 Å². The molecule has 2 aliphatic rings. The van der Waals surface area contributed by atoms with Gasteiger partial charge in [0.2, 0.25) is 0 Å². The Morgan fingerprint density at radius 3 is 2.68 bits per heavy atom. The number of hydrogen-bond acceptors (Lipinski definition) is 8. The Balaban J connectivity index is 0.000000339. The van der Waals surface area contributed by atoms with Crippen LogP contribution in [-0.2, 0) is 16.1 Å². The van der Waals surface area contributed by atoms with Gasteiger partial charge < -0.3 is 19.1 Å².